The Labute approximate surface area is 156 Å². The summed E-state index contributed by atoms with van der Waals surface area (Å²) in [6.45, 7) is 4.43. The topological polar surface area (TPSA) is 38.7 Å². The van der Waals surface area contributed by atoms with Gasteiger partial charge in [-0.05, 0) is 35.8 Å². The molecular weight excluding hydrogens is 322 g/mol. The van der Waals surface area contributed by atoms with E-state index in [-0.39, 0.29) is 23.3 Å². The maximum Gasteiger partial charge on any atom is 0.313 e. The van der Waals surface area contributed by atoms with Crippen LogP contribution in [0.3, 0.4) is 0 Å². The summed E-state index contributed by atoms with van der Waals surface area (Å²) in [5.74, 6) is -0.429. The Morgan fingerprint density at radius 1 is 1.12 bits per heavy atom. The summed E-state index contributed by atoms with van der Waals surface area (Å²) >= 11 is 0. The zero-order valence-electron chi connectivity index (χ0n) is 15.8. The number of benzene rings is 2. The Morgan fingerprint density at radius 2 is 1.73 bits per heavy atom. The number of esters is 1. The van der Waals surface area contributed by atoms with Gasteiger partial charge in [0, 0.05) is 5.71 Å². The van der Waals surface area contributed by atoms with Crippen molar-refractivity contribution in [3.05, 3.63) is 71.8 Å². The van der Waals surface area contributed by atoms with Gasteiger partial charge in [-0.2, -0.15) is 0 Å². The Kier molecular flexibility index (Phi) is 5.55. The van der Waals surface area contributed by atoms with Crippen LogP contribution in [-0.4, -0.2) is 24.8 Å². The molecule has 1 unspecified atom stereocenters. The van der Waals surface area contributed by atoms with Gasteiger partial charge in [0.2, 0.25) is 0 Å². The lowest BCUT2D eigenvalue weighted by Gasteiger charge is -2.32. The molecule has 0 aliphatic carbocycles. The number of hydrogen-bond acceptors (Lipinski definition) is 3. The van der Waals surface area contributed by atoms with Gasteiger partial charge in [-0.3, -0.25) is 9.79 Å². The molecule has 3 rings (SSSR count). The van der Waals surface area contributed by atoms with Crippen molar-refractivity contribution in [3.63, 3.8) is 0 Å². The standard InChI is InChI=1S/C23H27NO2/c1-23(2,16-19(22(25)26-3)17-10-6-4-7-11-17)21-15-14-20(24-21)18-12-8-5-9-13-18/h4-13,19,21H,14-16H2,1-3H3/t19?,21-/m1/s1. The van der Waals surface area contributed by atoms with Crippen molar-refractivity contribution in [3.8, 4) is 0 Å². The predicted molar refractivity (Wildman–Crippen MR) is 106 cm³/mol. The van der Waals surface area contributed by atoms with Crippen molar-refractivity contribution >= 4 is 11.7 Å². The van der Waals surface area contributed by atoms with E-state index >= 15 is 0 Å². The van der Waals surface area contributed by atoms with Crippen LogP contribution >= 0.6 is 0 Å². The summed E-state index contributed by atoms with van der Waals surface area (Å²) in [4.78, 5) is 17.5. The fourth-order valence-electron chi connectivity index (χ4n) is 3.83. The molecular formula is C23H27NO2. The SMILES string of the molecule is COC(=O)C(CC(C)(C)[C@H]1CCC(c2ccccc2)=N1)c1ccccc1. The lowest BCUT2D eigenvalue weighted by atomic mass is 9.74. The number of carbonyl (C=O) groups excluding carboxylic acids is 1. The van der Waals surface area contributed by atoms with E-state index < -0.39 is 0 Å². The van der Waals surface area contributed by atoms with Crippen LogP contribution in [0.25, 0.3) is 0 Å². The van der Waals surface area contributed by atoms with E-state index in [1.807, 2.05) is 36.4 Å². The molecule has 3 heteroatoms. The van der Waals surface area contributed by atoms with Crippen LogP contribution in [0, 0.1) is 5.41 Å². The van der Waals surface area contributed by atoms with E-state index in [1.54, 1.807) is 0 Å². The second-order valence-electron chi connectivity index (χ2n) is 7.68. The van der Waals surface area contributed by atoms with E-state index in [0.29, 0.717) is 0 Å². The molecule has 0 saturated heterocycles. The first-order chi connectivity index (χ1) is 12.5. The zero-order chi connectivity index (χ0) is 18.6. The highest BCUT2D eigenvalue weighted by atomic mass is 16.5. The van der Waals surface area contributed by atoms with Gasteiger partial charge in [0.15, 0.2) is 0 Å². The van der Waals surface area contributed by atoms with Crippen molar-refractivity contribution in [2.45, 2.75) is 45.1 Å². The molecule has 0 saturated carbocycles. The minimum Gasteiger partial charge on any atom is -0.469 e. The van der Waals surface area contributed by atoms with Gasteiger partial charge in [-0.1, -0.05) is 74.5 Å². The van der Waals surface area contributed by atoms with Crippen molar-refractivity contribution in [2.24, 2.45) is 10.4 Å². The van der Waals surface area contributed by atoms with E-state index in [0.717, 1.165) is 24.8 Å². The largest absolute Gasteiger partial charge is 0.469 e. The Bertz CT molecular complexity index is 765. The highest BCUT2D eigenvalue weighted by Gasteiger charge is 2.37. The van der Waals surface area contributed by atoms with Crippen LogP contribution in [0.4, 0.5) is 0 Å². The molecule has 2 atom stereocenters. The molecule has 0 bridgehead atoms. The summed E-state index contributed by atoms with van der Waals surface area (Å²) in [5.41, 5.74) is 3.31. The van der Waals surface area contributed by atoms with Gasteiger partial charge < -0.3 is 4.74 Å². The molecule has 1 aliphatic heterocycles. The molecule has 0 amide bonds. The Morgan fingerprint density at radius 3 is 2.35 bits per heavy atom. The molecule has 0 spiro atoms. The average molecular weight is 349 g/mol. The van der Waals surface area contributed by atoms with Gasteiger partial charge in [-0.15, -0.1) is 0 Å². The summed E-state index contributed by atoms with van der Waals surface area (Å²) in [6, 6.07) is 20.5. The van der Waals surface area contributed by atoms with Gasteiger partial charge in [0.1, 0.15) is 0 Å². The van der Waals surface area contributed by atoms with Crippen molar-refractivity contribution in [2.75, 3.05) is 7.11 Å². The number of aliphatic imine (C=N–C) groups is 1. The van der Waals surface area contributed by atoms with Crippen LogP contribution in [0.2, 0.25) is 0 Å². The third kappa shape index (κ3) is 4.04. The third-order valence-corrected chi connectivity index (χ3v) is 5.39. The number of ether oxygens (including phenoxy) is 1. The number of nitrogens with zero attached hydrogens (tertiary/aromatic N) is 1. The molecule has 2 aromatic carbocycles. The molecule has 3 nitrogen and oxygen atoms in total. The minimum atomic E-state index is -0.257. The Hall–Kier alpha value is -2.42. The summed E-state index contributed by atoms with van der Waals surface area (Å²) < 4.78 is 5.09. The molecule has 0 radical (unpaired) electrons. The molecule has 0 aromatic heterocycles. The van der Waals surface area contributed by atoms with Gasteiger partial charge in [0.25, 0.3) is 0 Å². The second-order valence-corrected chi connectivity index (χ2v) is 7.68. The lowest BCUT2D eigenvalue weighted by Crippen LogP contribution is -2.31. The second kappa shape index (κ2) is 7.86. The molecule has 26 heavy (non-hydrogen) atoms. The molecule has 1 aliphatic rings. The molecule has 2 aromatic rings. The fourth-order valence-corrected chi connectivity index (χ4v) is 3.83. The molecule has 0 N–H and O–H groups in total. The van der Waals surface area contributed by atoms with Gasteiger partial charge in [-0.25, -0.2) is 0 Å². The summed E-state index contributed by atoms with van der Waals surface area (Å²) in [5, 5.41) is 0. The van der Waals surface area contributed by atoms with E-state index in [2.05, 4.69) is 38.1 Å². The summed E-state index contributed by atoms with van der Waals surface area (Å²) in [6.07, 6.45) is 2.74. The molecule has 1 heterocycles. The van der Waals surface area contributed by atoms with Crippen LogP contribution in [0.1, 0.15) is 50.2 Å². The number of carbonyl (C=O) groups is 1. The normalized spacial score (nSPS) is 18.3. The van der Waals surface area contributed by atoms with E-state index in [1.165, 1.54) is 18.4 Å². The fraction of sp³-hybridized carbons (Fsp3) is 0.391. The van der Waals surface area contributed by atoms with E-state index in [9.17, 15) is 4.79 Å². The highest BCUT2D eigenvalue weighted by Crippen LogP contribution is 2.40. The first kappa shape index (κ1) is 18.4. The van der Waals surface area contributed by atoms with Gasteiger partial charge >= 0.3 is 5.97 Å². The number of rotatable bonds is 6. The zero-order valence-corrected chi connectivity index (χ0v) is 15.8. The Balaban J connectivity index is 1.81. The van der Waals surface area contributed by atoms with Crippen LogP contribution < -0.4 is 0 Å². The van der Waals surface area contributed by atoms with Crippen LogP contribution in [-0.2, 0) is 9.53 Å². The monoisotopic (exact) mass is 349 g/mol. The molecule has 0 fully saturated rings. The minimum absolute atomic E-state index is 0.0920. The maximum absolute atomic E-state index is 12.4. The number of hydrogen-bond donors (Lipinski definition) is 0. The quantitative estimate of drug-likeness (QED) is 0.688. The van der Waals surface area contributed by atoms with E-state index in [4.69, 9.17) is 9.73 Å². The number of methoxy groups -OCH3 is 1. The lowest BCUT2D eigenvalue weighted by molar-refractivity contribution is -0.143. The van der Waals surface area contributed by atoms with Crippen molar-refractivity contribution in [1.82, 2.24) is 0 Å². The van der Waals surface area contributed by atoms with Crippen molar-refractivity contribution < 1.29 is 9.53 Å². The van der Waals surface area contributed by atoms with Gasteiger partial charge in [0.05, 0.1) is 19.1 Å². The predicted octanol–water partition coefficient (Wildman–Crippen LogP) is 5.01. The summed E-state index contributed by atoms with van der Waals surface area (Å²) in [7, 11) is 1.46. The first-order valence-electron chi connectivity index (χ1n) is 9.26. The maximum atomic E-state index is 12.4. The first-order valence-corrected chi connectivity index (χ1v) is 9.26. The molecule has 136 valence electrons. The van der Waals surface area contributed by atoms with Crippen LogP contribution in [0.15, 0.2) is 65.7 Å². The average Bonchev–Trinajstić information content (AvgIpc) is 3.18. The van der Waals surface area contributed by atoms with Crippen LogP contribution in [0.5, 0.6) is 0 Å². The smallest absolute Gasteiger partial charge is 0.313 e. The third-order valence-electron chi connectivity index (χ3n) is 5.39. The highest BCUT2D eigenvalue weighted by molar-refractivity contribution is 6.01. The van der Waals surface area contributed by atoms with Crippen molar-refractivity contribution in [1.29, 1.82) is 0 Å².